The van der Waals surface area contributed by atoms with Crippen LogP contribution in [-0.2, 0) is 9.59 Å². The zero-order chi connectivity index (χ0) is 17.4. The minimum Gasteiger partial charge on any atom is -0.321 e. The molecule has 0 fully saturated rings. The quantitative estimate of drug-likeness (QED) is 0.404. The first-order valence-electron chi connectivity index (χ1n) is 7.79. The molecule has 0 saturated heterocycles. The Morgan fingerprint density at radius 1 is 1.00 bits per heavy atom. The van der Waals surface area contributed by atoms with E-state index >= 15 is 0 Å². The van der Waals surface area contributed by atoms with Crippen LogP contribution in [0.2, 0.25) is 0 Å². The first-order chi connectivity index (χ1) is 12.2. The van der Waals surface area contributed by atoms with Gasteiger partial charge in [-0.05, 0) is 17.7 Å². The molecule has 2 heterocycles. The average molecular weight is 331 g/mol. The molecule has 122 valence electrons. The Kier molecular flexibility index (Phi) is 3.48. The number of nitrogens with one attached hydrogen (secondary N) is 1. The molecule has 7 nitrogen and oxygen atoms in total. The molecular weight excluding hydrogens is 318 g/mol. The fraction of sp³-hybridized carbons (Fsp3) is 0.111. The van der Waals surface area contributed by atoms with Gasteiger partial charge in [-0.25, -0.2) is 0 Å². The molecule has 2 aromatic rings. The Labute approximate surface area is 143 Å². The van der Waals surface area contributed by atoms with E-state index in [1.54, 1.807) is 4.90 Å². The molecule has 2 amide bonds. The van der Waals surface area contributed by atoms with Crippen molar-refractivity contribution in [1.29, 1.82) is 0 Å². The predicted molar refractivity (Wildman–Crippen MR) is 94.7 cm³/mol. The van der Waals surface area contributed by atoms with Crippen LogP contribution < -0.4 is 10.2 Å². The van der Waals surface area contributed by atoms with Crippen LogP contribution >= 0.6 is 0 Å². The molecule has 0 atom stereocenters. The lowest BCUT2D eigenvalue weighted by molar-refractivity contribution is -0.113. The number of carbonyl (C=O) groups is 2. The van der Waals surface area contributed by atoms with Gasteiger partial charge in [0, 0.05) is 34.8 Å². The third-order valence-corrected chi connectivity index (χ3v) is 4.33. The second-order valence-electron chi connectivity index (χ2n) is 5.68. The van der Waals surface area contributed by atoms with Gasteiger partial charge >= 0.3 is 0 Å². The topological polar surface area (TPSA) is 98.2 Å². The molecule has 0 aliphatic carbocycles. The van der Waals surface area contributed by atoms with Crippen molar-refractivity contribution in [2.24, 2.45) is 5.11 Å². The van der Waals surface area contributed by atoms with Crippen LogP contribution in [0.15, 0.2) is 53.6 Å². The maximum Gasteiger partial charge on any atom is 0.259 e. The maximum absolute atomic E-state index is 13.1. The van der Waals surface area contributed by atoms with Gasteiger partial charge in [-0.15, -0.1) is 0 Å². The van der Waals surface area contributed by atoms with Crippen molar-refractivity contribution < 1.29 is 9.59 Å². The number of benzene rings is 2. The van der Waals surface area contributed by atoms with Crippen LogP contribution in [0.1, 0.15) is 11.1 Å². The highest BCUT2D eigenvalue weighted by Gasteiger charge is 2.38. The zero-order valence-electron chi connectivity index (χ0n) is 13.1. The van der Waals surface area contributed by atoms with Crippen molar-refractivity contribution >= 4 is 34.3 Å². The summed E-state index contributed by atoms with van der Waals surface area (Å²) >= 11 is 0. The summed E-state index contributed by atoms with van der Waals surface area (Å²) in [5.41, 5.74) is 12.1. The number of nitrogens with zero attached hydrogens (tertiary/aromatic N) is 4. The van der Waals surface area contributed by atoms with E-state index in [1.165, 1.54) is 0 Å². The first kappa shape index (κ1) is 15.0. The number of hydrogen-bond acceptors (Lipinski definition) is 3. The largest absolute Gasteiger partial charge is 0.321 e. The number of amides is 2. The third-order valence-electron chi connectivity index (χ3n) is 4.33. The summed E-state index contributed by atoms with van der Waals surface area (Å²) < 4.78 is 0. The molecule has 0 saturated carbocycles. The second kappa shape index (κ2) is 5.81. The second-order valence-corrected chi connectivity index (χ2v) is 5.68. The van der Waals surface area contributed by atoms with Crippen molar-refractivity contribution in [2.45, 2.75) is 0 Å². The lowest BCUT2D eigenvalue weighted by Gasteiger charge is -2.15. The monoisotopic (exact) mass is 331 g/mol. The summed E-state index contributed by atoms with van der Waals surface area (Å²) in [6.07, 6.45) is 0. The number of rotatable bonds is 3. The minimum atomic E-state index is -0.281. The summed E-state index contributed by atoms with van der Waals surface area (Å²) in [4.78, 5) is 29.9. The first-order valence-corrected chi connectivity index (χ1v) is 7.79. The lowest BCUT2D eigenvalue weighted by atomic mass is 9.96. The molecule has 0 radical (unpaired) electrons. The van der Waals surface area contributed by atoms with Crippen LogP contribution in [-0.4, -0.2) is 24.9 Å². The Balaban J connectivity index is 1.90. The Hall–Kier alpha value is -3.57. The molecule has 2 aliphatic rings. The van der Waals surface area contributed by atoms with Gasteiger partial charge in [-0.3, -0.25) is 9.59 Å². The normalized spacial score (nSPS) is 17.8. The molecule has 0 unspecified atom stereocenters. The molecule has 2 aliphatic heterocycles. The van der Waals surface area contributed by atoms with Crippen molar-refractivity contribution in [1.82, 2.24) is 0 Å². The van der Waals surface area contributed by atoms with Crippen LogP contribution in [0, 0.1) is 0 Å². The number of fused-ring (bicyclic) bond motifs is 2. The smallest absolute Gasteiger partial charge is 0.259 e. The van der Waals surface area contributed by atoms with Gasteiger partial charge in [0.15, 0.2) is 0 Å². The van der Waals surface area contributed by atoms with Gasteiger partial charge < -0.3 is 10.2 Å². The zero-order valence-corrected chi connectivity index (χ0v) is 13.1. The summed E-state index contributed by atoms with van der Waals surface area (Å²) in [6, 6.07) is 14.6. The van der Waals surface area contributed by atoms with Crippen LogP contribution in [0.5, 0.6) is 0 Å². The predicted octanol–water partition coefficient (Wildman–Crippen LogP) is 3.21. The molecule has 0 spiro atoms. The fourth-order valence-corrected chi connectivity index (χ4v) is 3.30. The van der Waals surface area contributed by atoms with E-state index in [1.807, 2.05) is 48.5 Å². The average Bonchev–Trinajstić information content (AvgIpc) is 3.09. The molecule has 0 bridgehead atoms. The van der Waals surface area contributed by atoms with Gasteiger partial charge in [0.1, 0.15) is 0 Å². The molecule has 0 aromatic heterocycles. The fourth-order valence-electron chi connectivity index (χ4n) is 3.30. The van der Waals surface area contributed by atoms with E-state index in [4.69, 9.17) is 5.53 Å². The number of carbonyl (C=O) groups excluding carboxylic acids is 2. The Morgan fingerprint density at radius 2 is 1.72 bits per heavy atom. The van der Waals surface area contributed by atoms with E-state index in [9.17, 15) is 9.59 Å². The van der Waals surface area contributed by atoms with Gasteiger partial charge in [-0.2, -0.15) is 0 Å². The van der Waals surface area contributed by atoms with E-state index in [0.29, 0.717) is 16.8 Å². The SMILES string of the molecule is [N-]=[N+]=NCCN1C(=O)/C(=C2/C(=O)Nc3ccccc32)c2ccccc21. The number of para-hydroxylation sites is 2. The van der Waals surface area contributed by atoms with E-state index in [-0.39, 0.29) is 24.9 Å². The number of azide groups is 1. The van der Waals surface area contributed by atoms with Crippen LogP contribution in [0.3, 0.4) is 0 Å². The Morgan fingerprint density at radius 3 is 2.52 bits per heavy atom. The van der Waals surface area contributed by atoms with Crippen molar-refractivity contribution in [3.8, 4) is 0 Å². The highest BCUT2D eigenvalue weighted by molar-refractivity contribution is 6.49. The summed E-state index contributed by atoms with van der Waals surface area (Å²) in [7, 11) is 0. The van der Waals surface area contributed by atoms with Crippen molar-refractivity contribution in [3.05, 3.63) is 70.1 Å². The van der Waals surface area contributed by atoms with E-state index < -0.39 is 0 Å². The van der Waals surface area contributed by atoms with E-state index in [0.717, 1.165) is 16.8 Å². The highest BCUT2D eigenvalue weighted by atomic mass is 16.2. The summed E-state index contributed by atoms with van der Waals surface area (Å²) in [5.74, 6) is -0.535. The molecular formula is C18H13N5O2. The van der Waals surface area contributed by atoms with Crippen molar-refractivity contribution in [3.63, 3.8) is 0 Å². The summed E-state index contributed by atoms with van der Waals surface area (Å²) in [5, 5.41) is 6.32. The van der Waals surface area contributed by atoms with Gasteiger partial charge in [0.25, 0.3) is 11.8 Å². The molecule has 1 N–H and O–H groups in total. The minimum absolute atomic E-state index is 0.169. The van der Waals surface area contributed by atoms with Crippen LogP contribution in [0.4, 0.5) is 11.4 Å². The maximum atomic E-state index is 13.1. The van der Waals surface area contributed by atoms with E-state index in [2.05, 4.69) is 15.3 Å². The molecule has 2 aromatic carbocycles. The number of hydrogen-bond donors (Lipinski definition) is 1. The molecule has 25 heavy (non-hydrogen) atoms. The standard InChI is InChI=1S/C18H13N5O2/c19-22-20-9-10-23-14-8-4-2-6-12(14)16(18(23)25)15-11-5-1-3-7-13(11)21-17(15)24/h1-8H,9-10H2,(H,21,24)/b16-15+. The van der Waals surface area contributed by atoms with Gasteiger partial charge in [0.05, 0.1) is 16.8 Å². The molecule has 7 heteroatoms. The molecule has 4 rings (SSSR count). The summed E-state index contributed by atoms with van der Waals surface area (Å²) in [6.45, 7) is 0.432. The van der Waals surface area contributed by atoms with Gasteiger partial charge in [-0.1, -0.05) is 41.5 Å². The lowest BCUT2D eigenvalue weighted by Crippen LogP contribution is -2.29. The Bertz CT molecular complexity index is 988. The number of anilines is 2. The highest BCUT2D eigenvalue weighted by Crippen LogP contribution is 2.44. The van der Waals surface area contributed by atoms with Crippen molar-refractivity contribution in [2.75, 3.05) is 23.3 Å². The van der Waals surface area contributed by atoms with Crippen LogP contribution in [0.25, 0.3) is 21.6 Å². The van der Waals surface area contributed by atoms with Gasteiger partial charge in [0.2, 0.25) is 0 Å². The third kappa shape index (κ3) is 2.26.